The molecule has 1 aromatic carbocycles. The summed E-state index contributed by atoms with van der Waals surface area (Å²) in [4.78, 5) is 0. The second-order valence-electron chi connectivity index (χ2n) is 5.91. The molecule has 0 bridgehead atoms. The Morgan fingerprint density at radius 2 is 1.74 bits per heavy atom. The third-order valence-corrected chi connectivity index (χ3v) is 4.48. The summed E-state index contributed by atoms with van der Waals surface area (Å²) in [6, 6.07) is 9.32. The molecule has 0 radical (unpaired) electrons. The number of benzene rings is 1. The first-order chi connectivity index (χ1) is 9.35. The zero-order valence-electron chi connectivity index (χ0n) is 12.2. The van der Waals surface area contributed by atoms with Crippen molar-refractivity contribution in [1.82, 2.24) is 5.43 Å². The van der Waals surface area contributed by atoms with Gasteiger partial charge in [-0.25, -0.2) is 0 Å². The fraction of sp³-hybridized carbons (Fsp3) is 0.647. The lowest BCUT2D eigenvalue weighted by atomic mass is 9.92. The van der Waals surface area contributed by atoms with Gasteiger partial charge in [-0.15, -0.1) is 0 Å². The number of rotatable bonds is 8. The Labute approximate surface area is 117 Å². The molecule has 0 heterocycles. The maximum Gasteiger partial charge on any atom is 0.0245 e. The van der Waals surface area contributed by atoms with Crippen LogP contribution in [0, 0.1) is 5.92 Å². The van der Waals surface area contributed by atoms with E-state index >= 15 is 0 Å². The molecule has 0 aliphatic heterocycles. The van der Waals surface area contributed by atoms with E-state index in [9.17, 15) is 0 Å². The van der Waals surface area contributed by atoms with Gasteiger partial charge in [-0.2, -0.15) is 0 Å². The molecule has 0 aromatic heterocycles. The highest BCUT2D eigenvalue weighted by Crippen LogP contribution is 2.30. The van der Waals surface area contributed by atoms with Crippen molar-refractivity contribution in [3.8, 4) is 0 Å². The van der Waals surface area contributed by atoms with E-state index in [0.29, 0.717) is 12.0 Å². The van der Waals surface area contributed by atoms with E-state index in [4.69, 9.17) is 5.84 Å². The van der Waals surface area contributed by atoms with E-state index in [2.05, 4.69) is 36.6 Å². The van der Waals surface area contributed by atoms with Crippen molar-refractivity contribution in [2.45, 2.75) is 64.3 Å². The summed E-state index contributed by atoms with van der Waals surface area (Å²) in [5, 5.41) is 0. The Kier molecular flexibility index (Phi) is 5.87. The van der Waals surface area contributed by atoms with Crippen LogP contribution in [0.3, 0.4) is 0 Å². The van der Waals surface area contributed by atoms with E-state index < -0.39 is 0 Å². The molecule has 1 atom stereocenters. The number of hydrogen-bond donors (Lipinski definition) is 2. The smallest absolute Gasteiger partial charge is 0.0245 e. The first-order valence-corrected chi connectivity index (χ1v) is 7.88. The minimum atomic E-state index is 0.481. The number of nitrogens with one attached hydrogen (secondary N) is 1. The molecule has 2 heteroatoms. The predicted octanol–water partition coefficient (Wildman–Crippen LogP) is 3.59. The highest BCUT2D eigenvalue weighted by molar-refractivity contribution is 5.32. The van der Waals surface area contributed by atoms with E-state index in [1.807, 2.05) is 0 Å². The van der Waals surface area contributed by atoms with Crippen LogP contribution < -0.4 is 11.3 Å². The van der Waals surface area contributed by atoms with Crippen molar-refractivity contribution in [3.63, 3.8) is 0 Å². The van der Waals surface area contributed by atoms with E-state index in [1.54, 1.807) is 0 Å². The number of hydrogen-bond acceptors (Lipinski definition) is 2. The molecule has 2 nitrogen and oxygen atoms in total. The number of hydrazine groups is 1. The molecule has 0 saturated carbocycles. The van der Waals surface area contributed by atoms with Gasteiger partial charge < -0.3 is 0 Å². The summed E-state index contributed by atoms with van der Waals surface area (Å²) >= 11 is 0. The van der Waals surface area contributed by atoms with Crippen LogP contribution in [0.2, 0.25) is 0 Å². The number of unbranched alkanes of at least 4 members (excludes halogenated alkanes) is 4. The Bertz CT molecular complexity index is 350. The fourth-order valence-electron chi connectivity index (χ4n) is 3.30. The average molecular weight is 260 g/mol. The molecule has 0 spiro atoms. The Balaban J connectivity index is 1.77. The molecule has 2 rings (SSSR count). The van der Waals surface area contributed by atoms with Gasteiger partial charge in [-0.05, 0) is 36.3 Å². The van der Waals surface area contributed by atoms with Crippen LogP contribution >= 0.6 is 0 Å². The molecular formula is C17H28N2. The van der Waals surface area contributed by atoms with Crippen molar-refractivity contribution in [1.29, 1.82) is 0 Å². The molecule has 1 aliphatic carbocycles. The van der Waals surface area contributed by atoms with Crippen LogP contribution in [0.15, 0.2) is 24.3 Å². The molecule has 106 valence electrons. The van der Waals surface area contributed by atoms with Crippen molar-refractivity contribution in [2.75, 3.05) is 0 Å². The van der Waals surface area contributed by atoms with Crippen LogP contribution in [0.4, 0.5) is 0 Å². The summed E-state index contributed by atoms with van der Waals surface area (Å²) in [5.41, 5.74) is 6.12. The third-order valence-electron chi connectivity index (χ3n) is 4.48. The highest BCUT2D eigenvalue weighted by atomic mass is 15.2. The molecule has 1 unspecified atom stereocenters. The van der Waals surface area contributed by atoms with E-state index in [1.165, 1.54) is 62.5 Å². The van der Waals surface area contributed by atoms with E-state index in [0.717, 1.165) is 0 Å². The van der Waals surface area contributed by atoms with Gasteiger partial charge in [0.05, 0.1) is 0 Å². The molecule has 3 N–H and O–H groups in total. The van der Waals surface area contributed by atoms with Crippen LogP contribution in [0.5, 0.6) is 0 Å². The van der Waals surface area contributed by atoms with Gasteiger partial charge in [0.25, 0.3) is 0 Å². The van der Waals surface area contributed by atoms with Crippen molar-refractivity contribution < 1.29 is 0 Å². The zero-order chi connectivity index (χ0) is 13.5. The molecule has 1 aromatic rings. The number of nitrogens with two attached hydrogens (primary N) is 1. The zero-order valence-corrected chi connectivity index (χ0v) is 12.2. The molecule has 0 saturated heterocycles. The Morgan fingerprint density at radius 1 is 1.11 bits per heavy atom. The summed E-state index contributed by atoms with van der Waals surface area (Å²) in [5.74, 6) is 6.47. The fourth-order valence-corrected chi connectivity index (χ4v) is 3.30. The Hall–Kier alpha value is -0.860. The number of fused-ring (bicyclic) bond motifs is 1. The highest BCUT2D eigenvalue weighted by Gasteiger charge is 2.27. The summed E-state index contributed by atoms with van der Waals surface area (Å²) in [6.07, 6.45) is 10.3. The third kappa shape index (κ3) is 4.05. The Morgan fingerprint density at radius 3 is 2.32 bits per heavy atom. The van der Waals surface area contributed by atoms with Gasteiger partial charge in [0, 0.05) is 6.04 Å². The minimum absolute atomic E-state index is 0.481. The topological polar surface area (TPSA) is 38.0 Å². The molecular weight excluding hydrogens is 232 g/mol. The van der Waals surface area contributed by atoms with Gasteiger partial charge in [0.1, 0.15) is 0 Å². The van der Waals surface area contributed by atoms with Crippen LogP contribution in [0.1, 0.15) is 56.6 Å². The SMILES string of the molecule is CCCCCCCC(NN)C1Cc2ccccc2C1. The van der Waals surface area contributed by atoms with Gasteiger partial charge in [0.2, 0.25) is 0 Å². The van der Waals surface area contributed by atoms with Gasteiger partial charge in [-0.1, -0.05) is 63.3 Å². The van der Waals surface area contributed by atoms with Crippen molar-refractivity contribution in [2.24, 2.45) is 11.8 Å². The summed E-state index contributed by atoms with van der Waals surface area (Å²) in [7, 11) is 0. The second kappa shape index (κ2) is 7.66. The van der Waals surface area contributed by atoms with Crippen LogP contribution in [-0.2, 0) is 12.8 Å². The van der Waals surface area contributed by atoms with E-state index in [-0.39, 0.29) is 0 Å². The van der Waals surface area contributed by atoms with Crippen molar-refractivity contribution >= 4 is 0 Å². The lowest BCUT2D eigenvalue weighted by Crippen LogP contribution is -2.41. The van der Waals surface area contributed by atoms with Gasteiger partial charge in [-0.3, -0.25) is 11.3 Å². The monoisotopic (exact) mass is 260 g/mol. The second-order valence-corrected chi connectivity index (χ2v) is 5.91. The largest absolute Gasteiger partial charge is 0.271 e. The first-order valence-electron chi connectivity index (χ1n) is 7.88. The predicted molar refractivity (Wildman–Crippen MR) is 81.8 cm³/mol. The van der Waals surface area contributed by atoms with Crippen LogP contribution in [-0.4, -0.2) is 6.04 Å². The maximum absolute atomic E-state index is 5.78. The van der Waals surface area contributed by atoms with Crippen LogP contribution in [0.25, 0.3) is 0 Å². The minimum Gasteiger partial charge on any atom is -0.271 e. The normalized spacial score (nSPS) is 16.5. The summed E-state index contributed by atoms with van der Waals surface area (Å²) in [6.45, 7) is 2.26. The van der Waals surface area contributed by atoms with Gasteiger partial charge >= 0.3 is 0 Å². The molecule has 0 amide bonds. The lowest BCUT2D eigenvalue weighted by Gasteiger charge is -2.22. The average Bonchev–Trinajstić information content (AvgIpc) is 2.86. The van der Waals surface area contributed by atoms with Crippen molar-refractivity contribution in [3.05, 3.63) is 35.4 Å². The standard InChI is InChI=1S/C17H28N2/c1-2-3-4-5-6-11-17(19-18)16-12-14-9-7-8-10-15(14)13-16/h7-10,16-17,19H,2-6,11-13,18H2,1H3. The molecule has 1 aliphatic rings. The summed E-state index contributed by atoms with van der Waals surface area (Å²) < 4.78 is 0. The lowest BCUT2D eigenvalue weighted by molar-refractivity contribution is 0.339. The molecule has 19 heavy (non-hydrogen) atoms. The quantitative estimate of drug-likeness (QED) is 0.426. The van der Waals surface area contributed by atoms with Gasteiger partial charge in [0.15, 0.2) is 0 Å². The first kappa shape index (κ1) is 14.5. The molecule has 0 fully saturated rings. The maximum atomic E-state index is 5.78.